The standard InChI is InChI=1S/C19H29N3O4/c1-5-26-15-10-19(20,18(15,2)3)17(24)22-12-16(23)21-11-13-6-8-14(25-4)9-7-13/h6-9,15H,5,10-12,20H2,1-4H3,(H,21,23)(H,22,24). The first-order valence-electron chi connectivity index (χ1n) is 8.83. The van der Waals surface area contributed by atoms with Gasteiger partial charge in [-0.25, -0.2) is 0 Å². The molecule has 2 atom stereocenters. The Morgan fingerprint density at radius 1 is 1.23 bits per heavy atom. The molecule has 7 heteroatoms. The number of nitrogens with two attached hydrogens (primary N) is 1. The van der Waals surface area contributed by atoms with Crippen LogP contribution in [0.3, 0.4) is 0 Å². The molecule has 2 rings (SSSR count). The van der Waals surface area contributed by atoms with E-state index in [2.05, 4.69) is 10.6 Å². The van der Waals surface area contributed by atoms with Crippen LogP contribution in [0.25, 0.3) is 0 Å². The molecule has 0 aromatic heterocycles. The Morgan fingerprint density at radius 2 is 1.88 bits per heavy atom. The molecule has 2 amide bonds. The SMILES string of the molecule is CCOC1CC(N)(C(=O)NCC(=O)NCc2ccc(OC)cc2)C1(C)C. The van der Waals surface area contributed by atoms with Gasteiger partial charge in [-0.2, -0.15) is 0 Å². The fourth-order valence-electron chi connectivity index (χ4n) is 3.15. The maximum absolute atomic E-state index is 12.5. The van der Waals surface area contributed by atoms with E-state index in [1.807, 2.05) is 45.0 Å². The lowest BCUT2D eigenvalue weighted by atomic mass is 9.54. The summed E-state index contributed by atoms with van der Waals surface area (Å²) in [6.45, 7) is 6.60. The van der Waals surface area contributed by atoms with Crippen molar-refractivity contribution in [2.75, 3.05) is 20.3 Å². The zero-order chi connectivity index (χ0) is 19.4. The van der Waals surface area contributed by atoms with E-state index >= 15 is 0 Å². The molecule has 1 aromatic carbocycles. The van der Waals surface area contributed by atoms with Gasteiger partial charge in [-0.3, -0.25) is 9.59 Å². The predicted molar refractivity (Wildman–Crippen MR) is 98.6 cm³/mol. The van der Waals surface area contributed by atoms with Gasteiger partial charge in [0.1, 0.15) is 11.3 Å². The molecule has 1 aliphatic rings. The fourth-order valence-corrected chi connectivity index (χ4v) is 3.15. The summed E-state index contributed by atoms with van der Waals surface area (Å²) in [5, 5.41) is 5.42. The van der Waals surface area contributed by atoms with Crippen molar-refractivity contribution in [2.45, 2.75) is 45.4 Å². The van der Waals surface area contributed by atoms with Crippen molar-refractivity contribution in [2.24, 2.45) is 11.1 Å². The van der Waals surface area contributed by atoms with Crippen molar-refractivity contribution < 1.29 is 19.1 Å². The van der Waals surface area contributed by atoms with Crippen molar-refractivity contribution in [3.63, 3.8) is 0 Å². The number of nitrogens with one attached hydrogen (secondary N) is 2. The van der Waals surface area contributed by atoms with Gasteiger partial charge < -0.3 is 25.8 Å². The van der Waals surface area contributed by atoms with Gasteiger partial charge in [-0.15, -0.1) is 0 Å². The van der Waals surface area contributed by atoms with E-state index in [1.54, 1.807) is 7.11 Å². The highest BCUT2D eigenvalue weighted by molar-refractivity contribution is 5.92. The van der Waals surface area contributed by atoms with Crippen LogP contribution in [0.15, 0.2) is 24.3 Å². The van der Waals surface area contributed by atoms with Gasteiger partial charge in [-0.05, 0) is 24.6 Å². The zero-order valence-corrected chi connectivity index (χ0v) is 15.9. The van der Waals surface area contributed by atoms with Crippen molar-refractivity contribution in [3.05, 3.63) is 29.8 Å². The Bertz CT molecular complexity index is 645. The molecule has 144 valence electrons. The Kier molecular flexibility index (Phi) is 6.26. The molecule has 4 N–H and O–H groups in total. The molecule has 2 unspecified atom stereocenters. The number of benzene rings is 1. The minimum absolute atomic E-state index is 0.0489. The Balaban J connectivity index is 1.79. The summed E-state index contributed by atoms with van der Waals surface area (Å²) >= 11 is 0. The monoisotopic (exact) mass is 363 g/mol. The summed E-state index contributed by atoms with van der Waals surface area (Å²) in [6.07, 6.45) is 0.403. The van der Waals surface area contributed by atoms with Gasteiger partial charge in [-0.1, -0.05) is 26.0 Å². The van der Waals surface area contributed by atoms with Crippen LogP contribution < -0.4 is 21.1 Å². The second-order valence-electron chi connectivity index (χ2n) is 7.15. The summed E-state index contributed by atoms with van der Waals surface area (Å²) in [4.78, 5) is 24.5. The lowest BCUT2D eigenvalue weighted by Gasteiger charge is -2.57. The molecule has 0 heterocycles. The van der Waals surface area contributed by atoms with E-state index in [-0.39, 0.29) is 24.5 Å². The molecule has 0 aliphatic heterocycles. The number of hydrogen-bond donors (Lipinski definition) is 3. The molecule has 0 spiro atoms. The lowest BCUT2D eigenvalue weighted by molar-refractivity contribution is -0.170. The maximum atomic E-state index is 12.5. The zero-order valence-electron chi connectivity index (χ0n) is 15.9. The van der Waals surface area contributed by atoms with Crippen LogP contribution in [0.5, 0.6) is 5.75 Å². The maximum Gasteiger partial charge on any atom is 0.241 e. The largest absolute Gasteiger partial charge is 0.497 e. The average molecular weight is 363 g/mol. The molecule has 0 saturated heterocycles. The summed E-state index contributed by atoms with van der Waals surface area (Å²) in [7, 11) is 1.60. The van der Waals surface area contributed by atoms with Crippen LogP contribution in [0.4, 0.5) is 0 Å². The third kappa shape index (κ3) is 3.99. The molecule has 26 heavy (non-hydrogen) atoms. The molecule has 0 bridgehead atoms. The highest BCUT2D eigenvalue weighted by Crippen LogP contribution is 2.49. The van der Waals surface area contributed by atoms with Crippen molar-refractivity contribution in [1.29, 1.82) is 0 Å². The van der Waals surface area contributed by atoms with Gasteiger partial charge in [0.15, 0.2) is 0 Å². The second-order valence-corrected chi connectivity index (χ2v) is 7.15. The fraction of sp³-hybridized carbons (Fsp3) is 0.579. The molecule has 1 aromatic rings. The second kappa shape index (κ2) is 8.05. The summed E-state index contributed by atoms with van der Waals surface area (Å²) in [6, 6.07) is 7.40. The van der Waals surface area contributed by atoms with Crippen molar-refractivity contribution >= 4 is 11.8 Å². The van der Waals surface area contributed by atoms with Crippen LogP contribution >= 0.6 is 0 Å². The van der Waals surface area contributed by atoms with Crippen LogP contribution in [-0.4, -0.2) is 43.7 Å². The quantitative estimate of drug-likeness (QED) is 0.638. The predicted octanol–water partition coefficient (Wildman–Crippen LogP) is 0.960. The Morgan fingerprint density at radius 3 is 2.42 bits per heavy atom. The highest BCUT2D eigenvalue weighted by Gasteiger charge is 2.62. The first-order valence-corrected chi connectivity index (χ1v) is 8.83. The Labute approximate surface area is 154 Å². The van der Waals surface area contributed by atoms with Crippen molar-refractivity contribution in [1.82, 2.24) is 10.6 Å². The van der Waals surface area contributed by atoms with Gasteiger partial charge in [0.2, 0.25) is 11.8 Å². The number of hydrogen-bond acceptors (Lipinski definition) is 5. The third-order valence-corrected chi connectivity index (χ3v) is 5.29. The third-order valence-electron chi connectivity index (χ3n) is 5.29. The molecule has 7 nitrogen and oxygen atoms in total. The molecular formula is C19H29N3O4. The van der Waals surface area contributed by atoms with Gasteiger partial charge in [0, 0.05) is 25.0 Å². The lowest BCUT2D eigenvalue weighted by Crippen LogP contribution is -2.76. The number of carbonyl (C=O) groups is 2. The normalized spacial score (nSPS) is 23.7. The van der Waals surface area contributed by atoms with Gasteiger partial charge >= 0.3 is 0 Å². The average Bonchev–Trinajstić information content (AvgIpc) is 2.64. The number of rotatable bonds is 8. The topological polar surface area (TPSA) is 103 Å². The van der Waals surface area contributed by atoms with Crippen LogP contribution in [0.2, 0.25) is 0 Å². The van der Waals surface area contributed by atoms with E-state index in [9.17, 15) is 9.59 Å². The molecule has 1 fully saturated rings. The smallest absolute Gasteiger partial charge is 0.241 e. The van der Waals surface area contributed by atoms with E-state index in [1.165, 1.54) is 0 Å². The minimum atomic E-state index is -1.02. The first-order chi connectivity index (χ1) is 12.2. The van der Waals surface area contributed by atoms with Crippen molar-refractivity contribution in [3.8, 4) is 5.75 Å². The molecular weight excluding hydrogens is 334 g/mol. The van der Waals surface area contributed by atoms with Crippen LogP contribution in [0.1, 0.15) is 32.8 Å². The summed E-state index contributed by atoms with van der Waals surface area (Å²) in [5.41, 5.74) is 5.73. The van der Waals surface area contributed by atoms with E-state index in [0.717, 1.165) is 11.3 Å². The molecule has 1 saturated carbocycles. The van der Waals surface area contributed by atoms with Crippen LogP contribution in [-0.2, 0) is 20.9 Å². The first kappa shape index (κ1) is 20.2. The minimum Gasteiger partial charge on any atom is -0.497 e. The Hall–Kier alpha value is -2.12. The van der Waals surface area contributed by atoms with Crippen LogP contribution in [0, 0.1) is 5.41 Å². The van der Waals surface area contributed by atoms with E-state index in [0.29, 0.717) is 19.6 Å². The number of carbonyl (C=O) groups excluding carboxylic acids is 2. The van der Waals surface area contributed by atoms with Gasteiger partial charge in [0.25, 0.3) is 0 Å². The van der Waals surface area contributed by atoms with Gasteiger partial charge in [0.05, 0.1) is 19.8 Å². The number of amides is 2. The molecule has 0 radical (unpaired) electrons. The summed E-state index contributed by atoms with van der Waals surface area (Å²) in [5.74, 6) is 0.170. The van der Waals surface area contributed by atoms with E-state index < -0.39 is 11.0 Å². The molecule has 1 aliphatic carbocycles. The summed E-state index contributed by atoms with van der Waals surface area (Å²) < 4.78 is 10.7. The van der Waals surface area contributed by atoms with E-state index in [4.69, 9.17) is 15.2 Å². The highest BCUT2D eigenvalue weighted by atomic mass is 16.5. The number of ether oxygens (including phenoxy) is 2. The number of methoxy groups -OCH3 is 1.